The van der Waals surface area contributed by atoms with Crippen molar-refractivity contribution in [1.82, 2.24) is 10.6 Å². The van der Waals surface area contributed by atoms with Crippen molar-refractivity contribution in [3.8, 4) is 11.5 Å². The van der Waals surface area contributed by atoms with Crippen LogP contribution in [0.3, 0.4) is 0 Å². The van der Waals surface area contributed by atoms with Crippen LogP contribution >= 0.6 is 11.6 Å². The Labute approximate surface area is 132 Å². The Hall–Kier alpha value is -2.19. The summed E-state index contributed by atoms with van der Waals surface area (Å²) in [6.45, 7) is 0.576. The molecule has 0 saturated carbocycles. The van der Waals surface area contributed by atoms with Gasteiger partial charge in [0.1, 0.15) is 17.0 Å². The Morgan fingerprint density at radius 3 is 2.36 bits per heavy atom. The van der Waals surface area contributed by atoms with Crippen LogP contribution < -0.4 is 31.2 Å². The second kappa shape index (κ2) is 6.29. The van der Waals surface area contributed by atoms with Crippen LogP contribution in [0.15, 0.2) is 12.1 Å². The fraction of sp³-hybridized carbons (Fsp3) is 0.385. The number of amides is 3. The number of ether oxygens (including phenoxy) is 2. The minimum absolute atomic E-state index is 0.288. The van der Waals surface area contributed by atoms with Crippen LogP contribution in [-0.2, 0) is 4.79 Å². The van der Waals surface area contributed by atoms with Crippen molar-refractivity contribution in [2.24, 2.45) is 5.73 Å². The smallest absolute Gasteiger partial charge is 0.320 e. The summed E-state index contributed by atoms with van der Waals surface area (Å²) >= 11 is 6.03. The summed E-state index contributed by atoms with van der Waals surface area (Å²) in [6.07, 6.45) is 0. The minimum atomic E-state index is -1.08. The summed E-state index contributed by atoms with van der Waals surface area (Å²) in [7, 11) is 2.92. The van der Waals surface area contributed by atoms with Gasteiger partial charge in [-0.25, -0.2) is 4.79 Å². The molecule has 0 spiro atoms. The average molecular weight is 329 g/mol. The molecule has 0 unspecified atom stereocenters. The van der Waals surface area contributed by atoms with Crippen molar-refractivity contribution >= 4 is 29.2 Å². The third-order valence-corrected chi connectivity index (χ3v) is 3.70. The number of anilines is 1. The van der Waals surface area contributed by atoms with Gasteiger partial charge in [-0.2, -0.15) is 0 Å². The highest BCUT2D eigenvalue weighted by atomic mass is 35.5. The molecule has 5 N–H and O–H groups in total. The molecule has 1 aliphatic rings. The molecule has 1 aromatic carbocycles. The van der Waals surface area contributed by atoms with E-state index in [4.69, 9.17) is 26.8 Å². The normalized spacial score (nSPS) is 15.4. The maximum absolute atomic E-state index is 12.1. The minimum Gasteiger partial charge on any atom is -0.495 e. The maximum atomic E-state index is 12.1. The van der Waals surface area contributed by atoms with Gasteiger partial charge in [-0.3, -0.25) is 4.79 Å². The number of carbonyl (C=O) groups is 2. The van der Waals surface area contributed by atoms with E-state index < -0.39 is 17.5 Å². The number of nitrogens with one attached hydrogen (secondary N) is 3. The molecule has 0 aliphatic carbocycles. The number of hydrogen-bond donors (Lipinski definition) is 4. The standard InChI is InChI=1S/C13H17ClN4O4/c1-21-9-4-10(22-2)8(3-7(9)14)17-12(20)18-13(11(15)19)5-16-6-13/h3-4,16H,5-6H2,1-2H3,(H2,15,19)(H2,17,18,20). The molecule has 1 aromatic rings. The van der Waals surface area contributed by atoms with E-state index in [1.807, 2.05) is 0 Å². The van der Waals surface area contributed by atoms with Crippen molar-refractivity contribution in [3.63, 3.8) is 0 Å². The maximum Gasteiger partial charge on any atom is 0.320 e. The quantitative estimate of drug-likeness (QED) is 0.621. The van der Waals surface area contributed by atoms with Crippen molar-refractivity contribution in [2.45, 2.75) is 5.54 Å². The van der Waals surface area contributed by atoms with Gasteiger partial charge >= 0.3 is 6.03 Å². The fourth-order valence-corrected chi connectivity index (χ4v) is 2.27. The number of rotatable bonds is 5. The number of hydrogen-bond acceptors (Lipinski definition) is 5. The number of methoxy groups -OCH3 is 2. The van der Waals surface area contributed by atoms with Gasteiger partial charge in [0, 0.05) is 19.2 Å². The molecule has 9 heteroatoms. The van der Waals surface area contributed by atoms with Gasteiger partial charge in [-0.1, -0.05) is 11.6 Å². The van der Waals surface area contributed by atoms with Crippen LogP contribution in [0.4, 0.5) is 10.5 Å². The number of urea groups is 1. The van der Waals surface area contributed by atoms with Crippen molar-refractivity contribution in [2.75, 3.05) is 32.6 Å². The second-order valence-corrected chi connectivity index (χ2v) is 5.22. The first-order valence-electron chi connectivity index (χ1n) is 6.43. The third kappa shape index (κ3) is 3.02. The predicted octanol–water partition coefficient (Wildman–Crippen LogP) is 0.306. The number of benzene rings is 1. The molecule has 0 bridgehead atoms. The van der Waals surface area contributed by atoms with Gasteiger partial charge in [-0.05, 0) is 6.07 Å². The fourth-order valence-electron chi connectivity index (χ4n) is 2.03. The van der Waals surface area contributed by atoms with Crippen LogP contribution in [-0.4, -0.2) is 44.8 Å². The number of carbonyl (C=O) groups excluding carboxylic acids is 2. The molecular weight excluding hydrogens is 312 g/mol. The summed E-state index contributed by atoms with van der Waals surface area (Å²) in [6, 6.07) is 2.46. The highest BCUT2D eigenvalue weighted by molar-refractivity contribution is 6.32. The summed E-state index contributed by atoms with van der Waals surface area (Å²) in [4.78, 5) is 23.5. The highest BCUT2D eigenvalue weighted by Gasteiger charge is 2.44. The lowest BCUT2D eigenvalue weighted by Gasteiger charge is -2.40. The molecule has 22 heavy (non-hydrogen) atoms. The number of nitrogens with two attached hydrogens (primary N) is 1. The van der Waals surface area contributed by atoms with Crippen LogP contribution in [0.25, 0.3) is 0 Å². The van der Waals surface area contributed by atoms with Crippen molar-refractivity contribution in [3.05, 3.63) is 17.2 Å². The second-order valence-electron chi connectivity index (χ2n) is 4.82. The van der Waals surface area contributed by atoms with Crippen molar-refractivity contribution in [1.29, 1.82) is 0 Å². The monoisotopic (exact) mass is 328 g/mol. The van der Waals surface area contributed by atoms with Gasteiger partial charge in [-0.15, -0.1) is 0 Å². The molecule has 0 radical (unpaired) electrons. The van der Waals surface area contributed by atoms with E-state index in [0.717, 1.165) is 0 Å². The summed E-state index contributed by atoms with van der Waals surface area (Å²) in [5, 5.41) is 8.35. The molecule has 1 saturated heterocycles. The summed E-state index contributed by atoms with van der Waals surface area (Å²) in [5.74, 6) is 0.193. The number of primary amides is 1. The molecular formula is C13H17ClN4O4. The van der Waals surface area contributed by atoms with Crippen molar-refractivity contribution < 1.29 is 19.1 Å². The molecule has 1 aliphatic heterocycles. The largest absolute Gasteiger partial charge is 0.495 e. The van der Waals surface area contributed by atoms with E-state index in [1.54, 1.807) is 6.07 Å². The van der Waals surface area contributed by atoms with E-state index in [1.165, 1.54) is 20.3 Å². The first-order valence-corrected chi connectivity index (χ1v) is 6.81. The van der Waals surface area contributed by atoms with Gasteiger partial charge < -0.3 is 31.2 Å². The Balaban J connectivity index is 2.14. The summed E-state index contributed by atoms with van der Waals surface area (Å²) in [5.41, 5.74) is 4.58. The zero-order valence-corrected chi connectivity index (χ0v) is 12.9. The lowest BCUT2D eigenvalue weighted by Crippen LogP contribution is -2.75. The Kier molecular flexibility index (Phi) is 4.62. The Morgan fingerprint density at radius 2 is 1.91 bits per heavy atom. The van der Waals surface area contributed by atoms with E-state index in [9.17, 15) is 9.59 Å². The van der Waals surface area contributed by atoms with E-state index in [2.05, 4.69) is 16.0 Å². The van der Waals surface area contributed by atoms with Gasteiger partial charge in [0.2, 0.25) is 5.91 Å². The molecule has 8 nitrogen and oxygen atoms in total. The third-order valence-electron chi connectivity index (χ3n) is 3.40. The van der Waals surface area contributed by atoms with Crippen LogP contribution in [0, 0.1) is 0 Å². The SMILES string of the molecule is COc1cc(OC)c(NC(=O)NC2(C(N)=O)CNC2)cc1Cl. The van der Waals surface area contributed by atoms with Crippen LogP contribution in [0.2, 0.25) is 5.02 Å². The zero-order chi connectivity index (χ0) is 16.3. The number of halogens is 1. The molecule has 0 aromatic heterocycles. The molecule has 2 rings (SSSR count). The molecule has 120 valence electrons. The summed E-state index contributed by atoms with van der Waals surface area (Å²) < 4.78 is 10.3. The lowest BCUT2D eigenvalue weighted by atomic mass is 9.92. The van der Waals surface area contributed by atoms with Crippen LogP contribution in [0.1, 0.15) is 0 Å². The molecule has 1 heterocycles. The first-order chi connectivity index (χ1) is 10.4. The lowest BCUT2D eigenvalue weighted by molar-refractivity contribution is -0.125. The average Bonchev–Trinajstić information content (AvgIpc) is 2.42. The van der Waals surface area contributed by atoms with Crippen LogP contribution in [0.5, 0.6) is 11.5 Å². The molecule has 3 amide bonds. The highest BCUT2D eigenvalue weighted by Crippen LogP contribution is 2.35. The predicted molar refractivity (Wildman–Crippen MR) is 81.5 cm³/mol. The van der Waals surface area contributed by atoms with E-state index in [-0.39, 0.29) is 13.1 Å². The zero-order valence-electron chi connectivity index (χ0n) is 12.2. The van der Waals surface area contributed by atoms with Gasteiger partial charge in [0.05, 0.1) is 24.9 Å². The Bertz CT molecular complexity index is 604. The first kappa shape index (κ1) is 16.2. The molecule has 0 atom stereocenters. The molecule has 1 fully saturated rings. The van der Waals surface area contributed by atoms with Gasteiger partial charge in [0.15, 0.2) is 0 Å². The van der Waals surface area contributed by atoms with Gasteiger partial charge in [0.25, 0.3) is 0 Å². The van der Waals surface area contributed by atoms with E-state index >= 15 is 0 Å². The Morgan fingerprint density at radius 1 is 1.27 bits per heavy atom. The topological polar surface area (TPSA) is 115 Å². The van der Waals surface area contributed by atoms with E-state index in [0.29, 0.717) is 22.2 Å².